The molecule has 5 nitrogen and oxygen atoms in total. The molecule has 0 aromatic heterocycles. The normalized spacial score (nSPS) is 11.1. The van der Waals surface area contributed by atoms with Gasteiger partial charge in [0, 0.05) is 0 Å². The van der Waals surface area contributed by atoms with E-state index in [0.29, 0.717) is 4.73 Å². The topological polar surface area (TPSA) is 67.5 Å². The van der Waals surface area contributed by atoms with Gasteiger partial charge in [-0.25, -0.2) is 0 Å². The number of aliphatic imine (C=N–C) groups is 1. The average Bonchev–Trinajstić information content (AvgIpc) is 2.18. The Kier molecular flexibility index (Phi) is 3.62. The van der Waals surface area contributed by atoms with E-state index in [1.807, 2.05) is 0 Å². The molecule has 0 saturated carbocycles. The Hall–Kier alpha value is -1.39. The number of nitro benzene ring substituents is 1. The third-order valence-electron chi connectivity index (χ3n) is 1.53. The molecule has 1 aromatic carbocycles. The van der Waals surface area contributed by atoms with E-state index in [2.05, 4.69) is 26.3 Å². The van der Waals surface area contributed by atoms with Gasteiger partial charge >= 0.3 is 88.8 Å². The summed E-state index contributed by atoms with van der Waals surface area (Å²) in [6, 6.07) is 6.12. The van der Waals surface area contributed by atoms with Crippen LogP contribution < -0.4 is 5.32 Å². The molecule has 1 N–H and O–H groups in total. The molecule has 0 aliphatic heterocycles. The standard InChI is InChI=1S/C8H8N3O2Se/c1-9-8(14)10-6-2-4-7(5-3-6)11(12)13/h2-5H,1H3,(H,9,10). The van der Waals surface area contributed by atoms with E-state index in [-0.39, 0.29) is 5.69 Å². The van der Waals surface area contributed by atoms with Crippen LogP contribution in [-0.4, -0.2) is 32.7 Å². The minimum absolute atomic E-state index is 0.0746. The van der Waals surface area contributed by atoms with Crippen molar-refractivity contribution in [2.24, 2.45) is 4.99 Å². The second-order valence-electron chi connectivity index (χ2n) is 2.46. The van der Waals surface area contributed by atoms with E-state index in [1.54, 1.807) is 19.2 Å². The fraction of sp³-hybridized carbons (Fsp3) is 0.125. The number of benzene rings is 1. The van der Waals surface area contributed by atoms with Crippen LogP contribution >= 0.6 is 0 Å². The summed E-state index contributed by atoms with van der Waals surface area (Å²) < 4.78 is 0.638. The minimum atomic E-state index is -0.434. The number of nitrogens with one attached hydrogen (secondary N) is 1. The van der Waals surface area contributed by atoms with E-state index < -0.39 is 4.92 Å². The average molecular weight is 257 g/mol. The zero-order chi connectivity index (χ0) is 10.6. The SMILES string of the molecule is CN=C([Se])Nc1ccc([N+](=O)[O-])cc1. The molecular formula is C8H8N3O2Se. The Morgan fingerprint density at radius 1 is 1.50 bits per heavy atom. The Morgan fingerprint density at radius 3 is 2.50 bits per heavy atom. The first-order valence-corrected chi connectivity index (χ1v) is 4.64. The monoisotopic (exact) mass is 258 g/mol. The first kappa shape index (κ1) is 10.7. The fourth-order valence-corrected chi connectivity index (χ4v) is 1.09. The number of non-ortho nitro benzene ring substituents is 1. The van der Waals surface area contributed by atoms with Crippen LogP contribution in [0.4, 0.5) is 11.4 Å². The molecule has 1 radical (unpaired) electrons. The molecule has 0 aliphatic rings. The first-order valence-electron chi connectivity index (χ1n) is 3.79. The van der Waals surface area contributed by atoms with Gasteiger partial charge in [0.2, 0.25) is 0 Å². The number of nitro groups is 1. The van der Waals surface area contributed by atoms with Gasteiger partial charge in [-0.3, -0.25) is 0 Å². The van der Waals surface area contributed by atoms with Crippen molar-refractivity contribution < 1.29 is 4.92 Å². The van der Waals surface area contributed by atoms with Crippen LogP contribution in [-0.2, 0) is 0 Å². The predicted octanol–water partition coefficient (Wildman–Crippen LogP) is 1.16. The fourth-order valence-electron chi connectivity index (χ4n) is 0.846. The Bertz CT molecular complexity index is 361. The van der Waals surface area contributed by atoms with Gasteiger partial charge in [-0.15, -0.1) is 0 Å². The number of hydrogen-bond donors (Lipinski definition) is 1. The number of hydrogen-bond acceptors (Lipinski definition) is 3. The van der Waals surface area contributed by atoms with Crippen molar-refractivity contribution in [3.63, 3.8) is 0 Å². The number of rotatable bonds is 2. The molecule has 0 fully saturated rings. The molecule has 0 spiro atoms. The Labute approximate surface area is 89.2 Å². The molecule has 73 valence electrons. The summed E-state index contributed by atoms with van der Waals surface area (Å²) in [7, 11) is 1.64. The summed E-state index contributed by atoms with van der Waals surface area (Å²) in [4.78, 5) is 13.8. The molecule has 0 aliphatic carbocycles. The van der Waals surface area contributed by atoms with Crippen LogP contribution in [0.3, 0.4) is 0 Å². The van der Waals surface area contributed by atoms with Crippen LogP contribution in [0.2, 0.25) is 0 Å². The quantitative estimate of drug-likeness (QED) is 0.284. The molecule has 1 aromatic rings. The maximum atomic E-state index is 10.3. The first-order chi connectivity index (χ1) is 6.63. The molecule has 0 atom stereocenters. The summed E-state index contributed by atoms with van der Waals surface area (Å²) in [6.07, 6.45) is 0. The molecule has 0 heterocycles. The summed E-state index contributed by atoms with van der Waals surface area (Å²) in [5.41, 5.74) is 0.834. The van der Waals surface area contributed by atoms with Gasteiger partial charge in [0.1, 0.15) is 0 Å². The van der Waals surface area contributed by atoms with Crippen molar-refractivity contribution >= 4 is 32.1 Å². The summed E-state index contributed by atoms with van der Waals surface area (Å²) in [5.74, 6) is 0. The molecule has 0 saturated heterocycles. The molecule has 1 rings (SSSR count). The second kappa shape index (κ2) is 4.74. The third kappa shape index (κ3) is 2.83. The molecule has 0 bridgehead atoms. The molecule has 0 amide bonds. The molecule has 0 unspecified atom stereocenters. The number of amidine groups is 1. The zero-order valence-electron chi connectivity index (χ0n) is 7.43. The van der Waals surface area contributed by atoms with Crippen molar-refractivity contribution in [3.8, 4) is 0 Å². The van der Waals surface area contributed by atoms with Gasteiger partial charge in [-0.2, -0.15) is 0 Å². The van der Waals surface area contributed by atoms with Gasteiger partial charge in [-0.05, 0) is 0 Å². The molecule has 14 heavy (non-hydrogen) atoms. The Morgan fingerprint density at radius 2 is 2.07 bits per heavy atom. The van der Waals surface area contributed by atoms with Crippen molar-refractivity contribution in [1.82, 2.24) is 0 Å². The zero-order valence-corrected chi connectivity index (χ0v) is 9.14. The van der Waals surface area contributed by atoms with Gasteiger partial charge in [0.05, 0.1) is 0 Å². The molecular weight excluding hydrogens is 249 g/mol. The third-order valence-corrected chi connectivity index (χ3v) is 2.13. The van der Waals surface area contributed by atoms with Crippen molar-refractivity contribution in [1.29, 1.82) is 0 Å². The van der Waals surface area contributed by atoms with Crippen LogP contribution in [0.25, 0.3) is 0 Å². The predicted molar refractivity (Wildman–Crippen MR) is 55.8 cm³/mol. The van der Waals surface area contributed by atoms with Crippen molar-refractivity contribution in [2.75, 3.05) is 12.4 Å². The van der Waals surface area contributed by atoms with Gasteiger partial charge < -0.3 is 0 Å². The number of anilines is 1. The maximum absolute atomic E-state index is 10.3. The van der Waals surface area contributed by atoms with Crippen LogP contribution in [0, 0.1) is 10.1 Å². The van der Waals surface area contributed by atoms with Gasteiger partial charge in [-0.1, -0.05) is 0 Å². The van der Waals surface area contributed by atoms with Crippen LogP contribution in [0.5, 0.6) is 0 Å². The summed E-state index contributed by atoms with van der Waals surface area (Å²) in [5, 5.41) is 13.3. The Balaban J connectivity index is 2.79. The van der Waals surface area contributed by atoms with Crippen LogP contribution in [0.15, 0.2) is 29.3 Å². The summed E-state index contributed by atoms with van der Waals surface area (Å²) >= 11 is 2.72. The van der Waals surface area contributed by atoms with Crippen molar-refractivity contribution in [3.05, 3.63) is 34.4 Å². The van der Waals surface area contributed by atoms with Gasteiger partial charge in [0.15, 0.2) is 0 Å². The van der Waals surface area contributed by atoms with Crippen LogP contribution in [0.1, 0.15) is 0 Å². The van der Waals surface area contributed by atoms with Gasteiger partial charge in [0.25, 0.3) is 0 Å². The van der Waals surface area contributed by atoms with E-state index in [1.165, 1.54) is 12.1 Å². The van der Waals surface area contributed by atoms with E-state index in [4.69, 9.17) is 0 Å². The van der Waals surface area contributed by atoms with E-state index in [0.717, 1.165) is 5.69 Å². The second-order valence-corrected chi connectivity index (χ2v) is 3.27. The van der Waals surface area contributed by atoms with Crippen molar-refractivity contribution in [2.45, 2.75) is 0 Å². The number of nitrogens with zero attached hydrogens (tertiary/aromatic N) is 2. The molecule has 6 heteroatoms. The van der Waals surface area contributed by atoms with E-state index >= 15 is 0 Å². The van der Waals surface area contributed by atoms with E-state index in [9.17, 15) is 10.1 Å². The summed E-state index contributed by atoms with van der Waals surface area (Å²) in [6.45, 7) is 0.